The predicted molar refractivity (Wildman–Crippen MR) is 83.0 cm³/mol. The van der Waals surface area contributed by atoms with Crippen molar-refractivity contribution in [3.05, 3.63) is 35.4 Å². The molecule has 1 aromatic carbocycles. The lowest BCUT2D eigenvalue weighted by molar-refractivity contribution is 0.213. The molecular formula is C18H27F2N. The molecular weight excluding hydrogens is 268 g/mol. The van der Waals surface area contributed by atoms with E-state index in [-0.39, 0.29) is 0 Å². The summed E-state index contributed by atoms with van der Waals surface area (Å²) in [4.78, 5) is 0. The first-order valence-electron chi connectivity index (χ1n) is 8.03. The third-order valence-electron chi connectivity index (χ3n) is 4.77. The zero-order valence-electron chi connectivity index (χ0n) is 13.4. The molecule has 2 rings (SSSR count). The van der Waals surface area contributed by atoms with Gasteiger partial charge in [0.25, 0.3) is 0 Å². The molecule has 0 heterocycles. The fourth-order valence-electron chi connectivity index (χ4n) is 3.28. The SMILES string of the molecule is CC(C)(C)C1CCCC(NCc2ccc(F)c(F)c2)CC1. The molecule has 1 aliphatic rings. The molecule has 0 spiro atoms. The minimum Gasteiger partial charge on any atom is -0.310 e. The highest BCUT2D eigenvalue weighted by Crippen LogP contribution is 2.36. The quantitative estimate of drug-likeness (QED) is 0.769. The molecule has 2 unspecified atom stereocenters. The van der Waals surface area contributed by atoms with Crippen molar-refractivity contribution in [3.63, 3.8) is 0 Å². The first kappa shape index (κ1) is 16.4. The molecule has 3 heteroatoms. The molecule has 118 valence electrons. The Hall–Kier alpha value is -0.960. The van der Waals surface area contributed by atoms with Gasteiger partial charge in [0.05, 0.1) is 0 Å². The second-order valence-corrected chi connectivity index (χ2v) is 7.40. The van der Waals surface area contributed by atoms with E-state index < -0.39 is 11.6 Å². The van der Waals surface area contributed by atoms with Gasteiger partial charge in [0, 0.05) is 12.6 Å². The minimum atomic E-state index is -0.777. The van der Waals surface area contributed by atoms with E-state index in [1.807, 2.05) is 0 Å². The van der Waals surface area contributed by atoms with Gasteiger partial charge in [-0.05, 0) is 54.7 Å². The van der Waals surface area contributed by atoms with Gasteiger partial charge in [0.2, 0.25) is 0 Å². The summed E-state index contributed by atoms with van der Waals surface area (Å²) in [5.41, 5.74) is 1.19. The average molecular weight is 295 g/mol. The Bertz CT molecular complexity index is 465. The lowest BCUT2D eigenvalue weighted by atomic mass is 9.76. The van der Waals surface area contributed by atoms with Crippen molar-refractivity contribution in [2.45, 2.75) is 65.5 Å². The summed E-state index contributed by atoms with van der Waals surface area (Å²) in [5, 5.41) is 3.51. The number of benzene rings is 1. The summed E-state index contributed by atoms with van der Waals surface area (Å²) in [6, 6.07) is 4.64. The Morgan fingerprint density at radius 2 is 1.81 bits per heavy atom. The van der Waals surface area contributed by atoms with Crippen molar-refractivity contribution < 1.29 is 8.78 Å². The van der Waals surface area contributed by atoms with E-state index >= 15 is 0 Å². The van der Waals surface area contributed by atoms with Crippen LogP contribution in [0.5, 0.6) is 0 Å². The van der Waals surface area contributed by atoms with Gasteiger partial charge in [-0.3, -0.25) is 0 Å². The van der Waals surface area contributed by atoms with E-state index in [0.29, 0.717) is 18.0 Å². The van der Waals surface area contributed by atoms with Crippen LogP contribution in [0.3, 0.4) is 0 Å². The monoisotopic (exact) mass is 295 g/mol. The molecule has 1 aromatic rings. The molecule has 1 aliphatic carbocycles. The van der Waals surface area contributed by atoms with E-state index in [1.165, 1.54) is 44.2 Å². The van der Waals surface area contributed by atoms with E-state index in [1.54, 1.807) is 6.07 Å². The van der Waals surface area contributed by atoms with Crippen molar-refractivity contribution in [2.75, 3.05) is 0 Å². The van der Waals surface area contributed by atoms with Crippen LogP contribution in [0.1, 0.15) is 58.4 Å². The number of rotatable bonds is 3. The largest absolute Gasteiger partial charge is 0.310 e. The molecule has 0 aliphatic heterocycles. The first-order valence-corrected chi connectivity index (χ1v) is 8.03. The third kappa shape index (κ3) is 4.77. The molecule has 2 atom stereocenters. The summed E-state index contributed by atoms with van der Waals surface area (Å²) in [6.45, 7) is 7.59. The van der Waals surface area contributed by atoms with Gasteiger partial charge in [-0.1, -0.05) is 33.3 Å². The van der Waals surface area contributed by atoms with Gasteiger partial charge in [-0.2, -0.15) is 0 Å². The zero-order chi connectivity index (χ0) is 15.5. The zero-order valence-corrected chi connectivity index (χ0v) is 13.4. The smallest absolute Gasteiger partial charge is 0.159 e. The number of hydrogen-bond acceptors (Lipinski definition) is 1. The van der Waals surface area contributed by atoms with Crippen LogP contribution in [0.2, 0.25) is 0 Å². The Labute approximate surface area is 127 Å². The average Bonchev–Trinajstić information content (AvgIpc) is 2.65. The van der Waals surface area contributed by atoms with Crippen LogP contribution in [0, 0.1) is 23.0 Å². The molecule has 1 fully saturated rings. The summed E-state index contributed by atoms with van der Waals surface area (Å²) in [6.07, 6.45) is 6.14. The van der Waals surface area contributed by atoms with Crippen LogP contribution >= 0.6 is 0 Å². The van der Waals surface area contributed by atoms with Crippen molar-refractivity contribution >= 4 is 0 Å². The van der Waals surface area contributed by atoms with Gasteiger partial charge < -0.3 is 5.32 Å². The maximum absolute atomic E-state index is 13.2. The standard InChI is InChI=1S/C18H27F2N/c1-18(2,3)14-5-4-6-15(9-8-14)21-12-13-7-10-16(19)17(20)11-13/h7,10-11,14-15,21H,4-6,8-9,12H2,1-3H3. The molecule has 0 amide bonds. The first-order chi connectivity index (χ1) is 9.86. The Morgan fingerprint density at radius 1 is 1.05 bits per heavy atom. The number of halogens is 2. The molecule has 0 aromatic heterocycles. The molecule has 0 bridgehead atoms. The molecule has 1 nitrogen and oxygen atoms in total. The van der Waals surface area contributed by atoms with Crippen LogP contribution in [-0.4, -0.2) is 6.04 Å². The fourth-order valence-corrected chi connectivity index (χ4v) is 3.28. The van der Waals surface area contributed by atoms with Crippen LogP contribution < -0.4 is 5.32 Å². The summed E-state index contributed by atoms with van der Waals surface area (Å²) < 4.78 is 26.1. The maximum Gasteiger partial charge on any atom is 0.159 e. The fraction of sp³-hybridized carbons (Fsp3) is 0.667. The highest BCUT2D eigenvalue weighted by molar-refractivity contribution is 5.17. The Kier molecular flexibility index (Phi) is 5.37. The van der Waals surface area contributed by atoms with Gasteiger partial charge in [-0.15, -0.1) is 0 Å². The topological polar surface area (TPSA) is 12.0 Å². The van der Waals surface area contributed by atoms with Crippen molar-refractivity contribution in [3.8, 4) is 0 Å². The summed E-state index contributed by atoms with van der Waals surface area (Å²) in [7, 11) is 0. The lowest BCUT2D eigenvalue weighted by Crippen LogP contribution is -2.28. The van der Waals surface area contributed by atoms with Crippen LogP contribution in [-0.2, 0) is 6.54 Å². The van der Waals surface area contributed by atoms with Crippen molar-refractivity contribution in [1.82, 2.24) is 5.32 Å². The lowest BCUT2D eigenvalue weighted by Gasteiger charge is -2.29. The number of hydrogen-bond donors (Lipinski definition) is 1. The van der Waals surface area contributed by atoms with E-state index in [4.69, 9.17) is 0 Å². The normalized spacial score (nSPS) is 23.9. The molecule has 21 heavy (non-hydrogen) atoms. The second-order valence-electron chi connectivity index (χ2n) is 7.40. The molecule has 1 N–H and O–H groups in total. The van der Waals surface area contributed by atoms with E-state index in [2.05, 4.69) is 26.1 Å². The molecule has 0 radical (unpaired) electrons. The maximum atomic E-state index is 13.2. The van der Waals surface area contributed by atoms with E-state index in [0.717, 1.165) is 11.5 Å². The minimum absolute atomic E-state index is 0.384. The van der Waals surface area contributed by atoms with Crippen molar-refractivity contribution in [1.29, 1.82) is 0 Å². The Balaban J connectivity index is 1.85. The van der Waals surface area contributed by atoms with Crippen LogP contribution in [0.4, 0.5) is 8.78 Å². The van der Waals surface area contributed by atoms with Crippen LogP contribution in [0.25, 0.3) is 0 Å². The molecule has 1 saturated carbocycles. The second kappa shape index (κ2) is 6.87. The third-order valence-corrected chi connectivity index (χ3v) is 4.77. The summed E-state index contributed by atoms with van der Waals surface area (Å²) in [5.74, 6) is -0.753. The van der Waals surface area contributed by atoms with E-state index in [9.17, 15) is 8.78 Å². The highest BCUT2D eigenvalue weighted by atomic mass is 19.2. The van der Waals surface area contributed by atoms with Gasteiger partial charge in [-0.25, -0.2) is 8.78 Å². The summed E-state index contributed by atoms with van der Waals surface area (Å²) >= 11 is 0. The van der Waals surface area contributed by atoms with Gasteiger partial charge in [0.15, 0.2) is 11.6 Å². The van der Waals surface area contributed by atoms with Crippen LogP contribution in [0.15, 0.2) is 18.2 Å². The molecule has 0 saturated heterocycles. The van der Waals surface area contributed by atoms with Gasteiger partial charge >= 0.3 is 0 Å². The predicted octanol–water partition coefficient (Wildman–Crippen LogP) is 5.05. The number of nitrogens with one attached hydrogen (secondary N) is 1. The van der Waals surface area contributed by atoms with Gasteiger partial charge in [0.1, 0.15) is 0 Å². The highest BCUT2D eigenvalue weighted by Gasteiger charge is 2.27. The van der Waals surface area contributed by atoms with Crippen molar-refractivity contribution in [2.24, 2.45) is 11.3 Å². The Morgan fingerprint density at radius 3 is 2.48 bits per heavy atom.